The first-order valence-corrected chi connectivity index (χ1v) is 11.4. The van der Waals surface area contributed by atoms with Gasteiger partial charge in [-0.25, -0.2) is 14.6 Å². The monoisotopic (exact) mass is 486 g/mol. The van der Waals surface area contributed by atoms with Crippen molar-refractivity contribution in [1.82, 2.24) is 19.7 Å². The number of ether oxygens (including phenoxy) is 3. The maximum absolute atomic E-state index is 13.0. The number of nitrogens with zero attached hydrogens (tertiary/aromatic N) is 4. The molecule has 0 aliphatic carbocycles. The van der Waals surface area contributed by atoms with Gasteiger partial charge in [0.2, 0.25) is 5.82 Å². The highest BCUT2D eigenvalue weighted by Gasteiger charge is 2.23. The van der Waals surface area contributed by atoms with Crippen molar-refractivity contribution in [1.29, 1.82) is 0 Å². The Bertz CT molecular complexity index is 1240. The predicted octanol–water partition coefficient (Wildman–Crippen LogP) is 5.44. The van der Waals surface area contributed by atoms with Crippen LogP contribution in [0.2, 0.25) is 0 Å². The van der Waals surface area contributed by atoms with Gasteiger partial charge in [-0.2, -0.15) is 8.78 Å². The minimum absolute atomic E-state index is 0.0934. The number of thiazole rings is 1. The normalized spacial score (nSPS) is 11.6. The second-order valence-corrected chi connectivity index (χ2v) is 8.46. The molecule has 0 atom stereocenters. The minimum atomic E-state index is -3.23. The van der Waals surface area contributed by atoms with Gasteiger partial charge in [-0.3, -0.25) is 0 Å². The third-order valence-corrected chi connectivity index (χ3v) is 5.62. The molecule has 0 bridgehead atoms. The highest BCUT2D eigenvalue weighted by molar-refractivity contribution is 7.13. The number of methoxy groups -OCH3 is 1. The van der Waals surface area contributed by atoms with Gasteiger partial charge in [-0.05, 0) is 48.9 Å². The lowest BCUT2D eigenvalue weighted by atomic mass is 10.2. The molecule has 2 heterocycles. The molecule has 34 heavy (non-hydrogen) atoms. The molecule has 2 aromatic heterocycles. The van der Waals surface area contributed by atoms with E-state index < -0.39 is 6.11 Å². The summed E-state index contributed by atoms with van der Waals surface area (Å²) in [5.41, 5.74) is 2.54. The van der Waals surface area contributed by atoms with E-state index in [0.29, 0.717) is 43.2 Å². The SMILES string of the molecule is COCCOc1cccc(Cn2nc(-c3nc(-c4ccc(OC(C)(F)F)cc4)cs3)nc2C)c1. The molecule has 4 aromatic rings. The zero-order valence-corrected chi connectivity index (χ0v) is 19.8. The molecule has 7 nitrogen and oxygen atoms in total. The standard InChI is InChI=1S/C24H24F2N4O3S/c1-16-27-22(29-30(16)14-17-5-4-6-20(13-17)32-12-11-31-3)23-28-21(15-34-23)18-7-9-19(10-8-18)33-24(2,25)26/h4-10,13,15H,11-12,14H2,1-3H3. The Balaban J connectivity index is 1.46. The van der Waals surface area contributed by atoms with Gasteiger partial charge in [0, 0.05) is 25.0 Å². The molecule has 0 fully saturated rings. The van der Waals surface area contributed by atoms with Crippen LogP contribution >= 0.6 is 11.3 Å². The number of benzene rings is 2. The second kappa shape index (κ2) is 10.3. The molecule has 10 heteroatoms. The molecule has 0 spiro atoms. The first-order chi connectivity index (χ1) is 16.3. The average Bonchev–Trinajstić information content (AvgIpc) is 3.41. The van der Waals surface area contributed by atoms with Gasteiger partial charge in [0.25, 0.3) is 0 Å². The molecule has 2 aromatic carbocycles. The summed E-state index contributed by atoms with van der Waals surface area (Å²) in [6, 6.07) is 14.2. The summed E-state index contributed by atoms with van der Waals surface area (Å²) in [4.78, 5) is 9.20. The third kappa shape index (κ3) is 6.15. The second-order valence-electron chi connectivity index (χ2n) is 7.60. The van der Waals surface area contributed by atoms with E-state index >= 15 is 0 Å². The molecule has 0 saturated carbocycles. The first-order valence-electron chi connectivity index (χ1n) is 10.6. The van der Waals surface area contributed by atoms with Gasteiger partial charge < -0.3 is 14.2 Å². The van der Waals surface area contributed by atoms with Crippen molar-refractivity contribution >= 4 is 11.3 Å². The van der Waals surface area contributed by atoms with Crippen LogP contribution in [-0.4, -0.2) is 46.2 Å². The van der Waals surface area contributed by atoms with E-state index in [2.05, 4.69) is 19.8 Å². The molecule has 0 amide bonds. The Morgan fingerprint density at radius 1 is 1.03 bits per heavy atom. The van der Waals surface area contributed by atoms with Gasteiger partial charge in [-0.15, -0.1) is 16.4 Å². The van der Waals surface area contributed by atoms with Gasteiger partial charge in [0.15, 0.2) is 5.01 Å². The molecule has 0 N–H and O–H groups in total. The van der Waals surface area contributed by atoms with E-state index in [1.165, 1.54) is 23.5 Å². The van der Waals surface area contributed by atoms with Gasteiger partial charge in [-0.1, -0.05) is 12.1 Å². The van der Waals surface area contributed by atoms with Crippen LogP contribution in [0.3, 0.4) is 0 Å². The Kier molecular flexibility index (Phi) is 7.18. The largest absolute Gasteiger partial charge is 0.491 e. The summed E-state index contributed by atoms with van der Waals surface area (Å²) in [5, 5.41) is 7.19. The minimum Gasteiger partial charge on any atom is -0.491 e. The Morgan fingerprint density at radius 3 is 2.56 bits per heavy atom. The van der Waals surface area contributed by atoms with Crippen LogP contribution in [0.15, 0.2) is 53.9 Å². The van der Waals surface area contributed by atoms with Crippen LogP contribution in [-0.2, 0) is 11.3 Å². The van der Waals surface area contributed by atoms with Gasteiger partial charge >= 0.3 is 6.11 Å². The van der Waals surface area contributed by atoms with E-state index in [-0.39, 0.29) is 5.75 Å². The number of hydrogen-bond donors (Lipinski definition) is 0. The summed E-state index contributed by atoms with van der Waals surface area (Å²) in [7, 11) is 1.64. The summed E-state index contributed by atoms with van der Waals surface area (Å²) >= 11 is 1.42. The molecule has 0 saturated heterocycles. The van der Waals surface area contributed by atoms with Gasteiger partial charge in [0.05, 0.1) is 18.8 Å². The number of aromatic nitrogens is 4. The first kappa shape index (κ1) is 23.8. The van der Waals surface area contributed by atoms with Crippen molar-refractivity contribution < 1.29 is 23.0 Å². The summed E-state index contributed by atoms with van der Waals surface area (Å²) in [6.45, 7) is 4.15. The quantitative estimate of drug-likeness (QED) is 0.278. The highest BCUT2D eigenvalue weighted by Crippen LogP contribution is 2.29. The van der Waals surface area contributed by atoms with Crippen molar-refractivity contribution in [2.45, 2.75) is 26.5 Å². The molecule has 4 rings (SSSR count). The summed E-state index contributed by atoms with van der Waals surface area (Å²) in [6.07, 6.45) is -3.23. The number of halogens is 2. The molecule has 0 unspecified atom stereocenters. The molecule has 0 radical (unpaired) electrons. The highest BCUT2D eigenvalue weighted by atomic mass is 32.1. The van der Waals surface area contributed by atoms with Crippen LogP contribution in [0, 0.1) is 6.92 Å². The van der Waals surface area contributed by atoms with E-state index in [1.54, 1.807) is 19.2 Å². The number of hydrogen-bond acceptors (Lipinski definition) is 7. The lowest BCUT2D eigenvalue weighted by Gasteiger charge is -2.12. The van der Waals surface area contributed by atoms with Crippen LogP contribution in [0.1, 0.15) is 18.3 Å². The molecule has 0 aliphatic heterocycles. The zero-order valence-electron chi connectivity index (χ0n) is 19.0. The maximum Gasteiger partial charge on any atom is 0.394 e. The number of aryl methyl sites for hydroxylation is 1. The maximum atomic E-state index is 13.0. The summed E-state index contributed by atoms with van der Waals surface area (Å²) < 4.78 is 43.1. The number of alkyl halides is 2. The lowest BCUT2D eigenvalue weighted by Crippen LogP contribution is -2.18. The van der Waals surface area contributed by atoms with Crippen molar-refractivity contribution in [3.63, 3.8) is 0 Å². The van der Waals surface area contributed by atoms with E-state index in [4.69, 9.17) is 9.47 Å². The molecule has 0 aliphatic rings. The fraction of sp³-hybridized carbons (Fsp3) is 0.292. The predicted molar refractivity (Wildman–Crippen MR) is 125 cm³/mol. The Hall–Kier alpha value is -3.37. The Labute approximate surface area is 200 Å². The average molecular weight is 487 g/mol. The third-order valence-electron chi connectivity index (χ3n) is 4.79. The Morgan fingerprint density at radius 2 is 1.82 bits per heavy atom. The van der Waals surface area contributed by atoms with Crippen LogP contribution in [0.4, 0.5) is 8.78 Å². The van der Waals surface area contributed by atoms with Crippen molar-refractivity contribution in [2.24, 2.45) is 0 Å². The smallest absolute Gasteiger partial charge is 0.394 e. The van der Waals surface area contributed by atoms with E-state index in [9.17, 15) is 8.78 Å². The van der Waals surface area contributed by atoms with Crippen LogP contribution in [0.5, 0.6) is 11.5 Å². The van der Waals surface area contributed by atoms with Crippen molar-refractivity contribution in [3.05, 3.63) is 65.3 Å². The number of rotatable bonds is 10. The molecular weight excluding hydrogens is 462 g/mol. The van der Waals surface area contributed by atoms with Crippen LogP contribution in [0.25, 0.3) is 22.1 Å². The topological polar surface area (TPSA) is 71.3 Å². The zero-order chi connectivity index (χ0) is 24.1. The van der Waals surface area contributed by atoms with Gasteiger partial charge in [0.1, 0.15) is 23.9 Å². The van der Waals surface area contributed by atoms with Crippen molar-refractivity contribution in [3.8, 4) is 33.6 Å². The molecule has 178 valence electrons. The van der Waals surface area contributed by atoms with E-state index in [1.807, 2.05) is 41.3 Å². The van der Waals surface area contributed by atoms with Crippen LogP contribution < -0.4 is 9.47 Å². The fourth-order valence-electron chi connectivity index (χ4n) is 3.22. The van der Waals surface area contributed by atoms with Crippen molar-refractivity contribution in [2.75, 3.05) is 20.3 Å². The molecular formula is C24H24F2N4O3S. The van der Waals surface area contributed by atoms with E-state index in [0.717, 1.165) is 22.7 Å². The fourth-order valence-corrected chi connectivity index (χ4v) is 3.97. The summed E-state index contributed by atoms with van der Waals surface area (Å²) in [5.74, 6) is 2.17. The lowest BCUT2D eigenvalue weighted by molar-refractivity contribution is -0.158.